The molecule has 0 bridgehead atoms. The first kappa shape index (κ1) is 33.0. The van der Waals surface area contributed by atoms with Gasteiger partial charge in [-0.2, -0.15) is 0 Å². The Bertz CT molecular complexity index is 1800. The fraction of sp³-hybridized carbons (Fsp3) is 0.500. The van der Waals surface area contributed by atoms with Crippen LogP contribution in [-0.4, -0.2) is 65.3 Å². The maximum absolute atomic E-state index is 13.7. The van der Waals surface area contributed by atoms with Crippen LogP contribution in [0.25, 0.3) is 21.9 Å². The van der Waals surface area contributed by atoms with E-state index in [4.69, 9.17) is 9.72 Å². The second kappa shape index (κ2) is 12.1. The van der Waals surface area contributed by atoms with Crippen LogP contribution in [0.5, 0.6) is 0 Å². The van der Waals surface area contributed by atoms with Gasteiger partial charge in [0.05, 0.1) is 10.4 Å². The molecule has 0 radical (unpaired) electrons. The Morgan fingerprint density at radius 3 is 2.43 bits per heavy atom. The maximum atomic E-state index is 13.7. The molecule has 4 heterocycles. The number of aryl methyl sites for hydroxylation is 1. The minimum absolute atomic E-state index is 0.100. The molecule has 2 atom stereocenters. The number of hydrogen-bond acceptors (Lipinski definition) is 5. The quantitative estimate of drug-likeness (QED) is 0.112. The molecule has 0 aliphatic carbocycles. The van der Waals surface area contributed by atoms with E-state index in [1.54, 1.807) is 41.6 Å². The van der Waals surface area contributed by atoms with Crippen LogP contribution in [0.15, 0.2) is 47.6 Å². The van der Waals surface area contributed by atoms with Crippen molar-refractivity contribution in [2.75, 3.05) is 13.2 Å². The standard InChI is InChI=1S/C32H43IN4O5SSi/c1-21-8-10-23(11-9-21)43(40,41)37-15-13-24-29-25(19-34-30(24)37)27(33)28(36(29)20-42-16-17-44(5,6)7)22-12-14-35(31(38)39)26(18-22)32(2,3)4/h8-11,13,15,19,22,26H,12,14,16-18,20H2,1-7H3,(H,38,39). The predicted octanol–water partition coefficient (Wildman–Crippen LogP) is 7.73. The molecule has 0 spiro atoms. The molecule has 1 aromatic carbocycles. The number of likely N-dealkylation sites (tertiary alicyclic amines) is 1. The lowest BCUT2D eigenvalue weighted by molar-refractivity contribution is 0.0488. The van der Waals surface area contributed by atoms with Crippen molar-refractivity contribution in [2.45, 2.75) is 89.8 Å². The molecule has 9 nitrogen and oxygen atoms in total. The van der Waals surface area contributed by atoms with Crippen LogP contribution in [0.2, 0.25) is 25.7 Å². The van der Waals surface area contributed by atoms with Gasteiger partial charge in [0.2, 0.25) is 0 Å². The highest BCUT2D eigenvalue weighted by molar-refractivity contribution is 14.1. The lowest BCUT2D eigenvalue weighted by atomic mass is 9.76. The van der Waals surface area contributed by atoms with Crippen LogP contribution in [0.3, 0.4) is 0 Å². The summed E-state index contributed by atoms with van der Waals surface area (Å²) in [5.74, 6) is 0.100. The number of amides is 1. The number of nitrogens with zero attached hydrogens (tertiary/aromatic N) is 4. The first-order chi connectivity index (χ1) is 20.5. The molecule has 2 unspecified atom stereocenters. The second-order valence-corrected chi connectivity index (χ2v) is 22.8. The number of pyridine rings is 1. The molecular formula is C32H43IN4O5SSi. The molecule has 5 rings (SSSR count). The van der Waals surface area contributed by atoms with E-state index in [1.807, 2.05) is 13.0 Å². The van der Waals surface area contributed by atoms with Crippen molar-refractivity contribution in [2.24, 2.45) is 5.41 Å². The smallest absolute Gasteiger partial charge is 0.407 e. The first-order valence-electron chi connectivity index (χ1n) is 15.1. The van der Waals surface area contributed by atoms with E-state index in [1.165, 1.54) is 3.97 Å². The molecule has 1 fully saturated rings. The summed E-state index contributed by atoms with van der Waals surface area (Å²) >= 11 is 2.39. The molecule has 44 heavy (non-hydrogen) atoms. The number of rotatable bonds is 8. The van der Waals surface area contributed by atoms with E-state index in [9.17, 15) is 18.3 Å². The Kier molecular flexibility index (Phi) is 9.04. The monoisotopic (exact) mass is 750 g/mol. The van der Waals surface area contributed by atoms with Crippen LogP contribution >= 0.6 is 22.6 Å². The molecule has 238 valence electrons. The fourth-order valence-corrected chi connectivity index (χ4v) is 9.41. The van der Waals surface area contributed by atoms with Crippen LogP contribution in [0, 0.1) is 15.9 Å². The van der Waals surface area contributed by atoms with Crippen molar-refractivity contribution >= 4 is 68.7 Å². The average molecular weight is 751 g/mol. The first-order valence-corrected chi connectivity index (χ1v) is 21.3. The van der Waals surface area contributed by atoms with Gasteiger partial charge in [0, 0.05) is 65.6 Å². The van der Waals surface area contributed by atoms with E-state index < -0.39 is 24.2 Å². The minimum Gasteiger partial charge on any atom is -0.465 e. The molecule has 1 aliphatic heterocycles. The summed E-state index contributed by atoms with van der Waals surface area (Å²) in [5.41, 5.74) is 3.13. The normalized spacial score (nSPS) is 18.4. The Morgan fingerprint density at radius 1 is 1.14 bits per heavy atom. The van der Waals surface area contributed by atoms with E-state index >= 15 is 0 Å². The zero-order chi connectivity index (χ0) is 32.2. The number of carboxylic acid groups (broad SMARTS) is 1. The summed E-state index contributed by atoms with van der Waals surface area (Å²) in [7, 11) is -5.18. The topological polar surface area (TPSA) is 107 Å². The molecule has 1 aliphatic rings. The third kappa shape index (κ3) is 6.31. The fourth-order valence-electron chi connectivity index (χ4n) is 6.23. The number of aromatic nitrogens is 3. The molecule has 1 N–H and O–H groups in total. The third-order valence-electron chi connectivity index (χ3n) is 8.70. The van der Waals surface area contributed by atoms with Gasteiger partial charge in [-0.05, 0) is 72.0 Å². The van der Waals surface area contributed by atoms with Gasteiger partial charge in [-0.25, -0.2) is 22.2 Å². The van der Waals surface area contributed by atoms with Crippen molar-refractivity contribution in [1.82, 2.24) is 18.4 Å². The Balaban J connectivity index is 1.65. The number of fused-ring (bicyclic) bond motifs is 3. The maximum Gasteiger partial charge on any atom is 0.407 e. The van der Waals surface area contributed by atoms with Gasteiger partial charge in [0.1, 0.15) is 6.73 Å². The van der Waals surface area contributed by atoms with Crippen molar-refractivity contribution in [3.05, 3.63) is 57.6 Å². The van der Waals surface area contributed by atoms with Gasteiger partial charge in [-0.1, -0.05) is 58.1 Å². The zero-order valence-electron chi connectivity index (χ0n) is 26.6. The number of hydrogen-bond donors (Lipinski definition) is 1. The van der Waals surface area contributed by atoms with Crippen molar-refractivity contribution in [3.63, 3.8) is 0 Å². The number of halogens is 1. The summed E-state index contributed by atoms with van der Waals surface area (Å²) in [6.07, 6.45) is 3.87. The van der Waals surface area contributed by atoms with Crippen LogP contribution in [-0.2, 0) is 21.5 Å². The molecule has 12 heteroatoms. The van der Waals surface area contributed by atoms with E-state index in [0.29, 0.717) is 38.4 Å². The lowest BCUT2D eigenvalue weighted by Gasteiger charge is -2.45. The average Bonchev–Trinajstić information content (AvgIpc) is 3.49. The van der Waals surface area contributed by atoms with Gasteiger partial charge in [-0.15, -0.1) is 0 Å². The van der Waals surface area contributed by atoms with Crippen LogP contribution < -0.4 is 0 Å². The Hall–Kier alpha value is -2.42. The van der Waals surface area contributed by atoms with Gasteiger partial charge in [0.15, 0.2) is 5.65 Å². The van der Waals surface area contributed by atoms with Gasteiger partial charge < -0.3 is 19.3 Å². The Labute approximate surface area is 274 Å². The highest BCUT2D eigenvalue weighted by atomic mass is 127. The highest BCUT2D eigenvalue weighted by Crippen LogP contribution is 2.44. The zero-order valence-corrected chi connectivity index (χ0v) is 30.6. The van der Waals surface area contributed by atoms with Crippen LogP contribution in [0.4, 0.5) is 4.79 Å². The van der Waals surface area contributed by atoms with Gasteiger partial charge in [-0.3, -0.25) is 0 Å². The van der Waals surface area contributed by atoms with Crippen molar-refractivity contribution in [3.8, 4) is 0 Å². The molecule has 4 aromatic rings. The molecule has 3 aromatic heterocycles. The number of piperidine rings is 1. The van der Waals surface area contributed by atoms with Crippen LogP contribution in [0.1, 0.15) is 50.8 Å². The van der Waals surface area contributed by atoms with Crippen molar-refractivity contribution < 1.29 is 23.1 Å². The summed E-state index contributed by atoms with van der Waals surface area (Å²) in [5, 5.41) is 11.7. The summed E-state index contributed by atoms with van der Waals surface area (Å²) in [6, 6.07) is 9.56. The second-order valence-electron chi connectivity index (χ2n) is 14.2. The molecule has 0 saturated carbocycles. The molecule has 1 amide bonds. The number of benzene rings is 1. The van der Waals surface area contributed by atoms with Gasteiger partial charge >= 0.3 is 6.09 Å². The Morgan fingerprint density at radius 2 is 1.82 bits per heavy atom. The van der Waals surface area contributed by atoms with Crippen molar-refractivity contribution in [1.29, 1.82) is 0 Å². The van der Waals surface area contributed by atoms with E-state index in [-0.39, 0.29) is 22.3 Å². The number of carbonyl (C=O) groups is 1. The summed E-state index contributed by atoms with van der Waals surface area (Å²) in [6.45, 7) is 16.6. The van der Waals surface area contributed by atoms with E-state index in [2.05, 4.69) is 67.6 Å². The summed E-state index contributed by atoms with van der Waals surface area (Å²) < 4.78 is 38.3. The number of ether oxygens (including phenoxy) is 1. The lowest BCUT2D eigenvalue weighted by Crippen LogP contribution is -2.51. The molecule has 1 saturated heterocycles. The highest BCUT2D eigenvalue weighted by Gasteiger charge is 2.41. The SMILES string of the molecule is Cc1ccc(S(=O)(=O)n2ccc3c2ncc2c(I)c(C4CCN(C(=O)O)C(C(C)(C)C)C4)n(COCC[Si](C)(C)C)c23)cc1. The molecular weight excluding hydrogens is 707 g/mol. The van der Waals surface area contributed by atoms with Gasteiger partial charge in [0.25, 0.3) is 10.0 Å². The van der Waals surface area contributed by atoms with E-state index in [0.717, 1.165) is 37.2 Å². The minimum atomic E-state index is -3.86. The third-order valence-corrected chi connectivity index (χ3v) is 13.2. The largest absolute Gasteiger partial charge is 0.465 e. The predicted molar refractivity (Wildman–Crippen MR) is 186 cm³/mol. The summed E-state index contributed by atoms with van der Waals surface area (Å²) in [4.78, 5) is 18.7.